The summed E-state index contributed by atoms with van der Waals surface area (Å²) in [5.41, 5.74) is 1.05. The van der Waals surface area contributed by atoms with Crippen LogP contribution < -0.4 is 4.90 Å². The summed E-state index contributed by atoms with van der Waals surface area (Å²) in [4.78, 5) is 6.42. The standard InChI is InChI=1S/C12H14N4S/c1-16(8-10-4-2-3-7-13-10)12-15-14-11(17-12)9-5-6-9/h2-4,7,9H,5-6,8H2,1H3. The van der Waals surface area contributed by atoms with Crippen LogP contribution in [-0.2, 0) is 6.54 Å². The molecule has 1 fully saturated rings. The van der Waals surface area contributed by atoms with E-state index in [-0.39, 0.29) is 0 Å². The van der Waals surface area contributed by atoms with Crippen molar-refractivity contribution in [3.8, 4) is 0 Å². The van der Waals surface area contributed by atoms with E-state index in [1.807, 2.05) is 31.4 Å². The number of hydrogen-bond donors (Lipinski definition) is 0. The molecule has 1 aliphatic rings. The van der Waals surface area contributed by atoms with Crippen molar-refractivity contribution in [1.82, 2.24) is 15.2 Å². The van der Waals surface area contributed by atoms with Crippen LogP contribution in [0.25, 0.3) is 0 Å². The van der Waals surface area contributed by atoms with Gasteiger partial charge in [0.15, 0.2) is 0 Å². The van der Waals surface area contributed by atoms with Gasteiger partial charge in [-0.25, -0.2) is 0 Å². The number of nitrogens with zero attached hydrogens (tertiary/aromatic N) is 4. The first-order valence-corrected chi connectivity index (χ1v) is 6.59. The molecule has 3 rings (SSSR count). The largest absolute Gasteiger partial charge is 0.344 e. The Morgan fingerprint density at radius 2 is 2.24 bits per heavy atom. The van der Waals surface area contributed by atoms with E-state index >= 15 is 0 Å². The second kappa shape index (κ2) is 4.41. The molecule has 1 aliphatic carbocycles. The second-order valence-corrected chi connectivity index (χ2v) is 5.36. The molecule has 0 atom stereocenters. The first kappa shape index (κ1) is 10.7. The van der Waals surface area contributed by atoms with Gasteiger partial charge in [-0.3, -0.25) is 4.98 Å². The van der Waals surface area contributed by atoms with E-state index in [1.165, 1.54) is 17.8 Å². The summed E-state index contributed by atoms with van der Waals surface area (Å²) in [5, 5.41) is 10.7. The van der Waals surface area contributed by atoms with Gasteiger partial charge in [0.1, 0.15) is 5.01 Å². The molecule has 88 valence electrons. The maximum absolute atomic E-state index is 4.31. The van der Waals surface area contributed by atoms with Crippen LogP contribution in [0.2, 0.25) is 0 Å². The number of hydrogen-bond acceptors (Lipinski definition) is 5. The van der Waals surface area contributed by atoms with Gasteiger partial charge in [-0.05, 0) is 25.0 Å². The molecule has 0 N–H and O–H groups in total. The zero-order valence-electron chi connectivity index (χ0n) is 9.71. The summed E-state index contributed by atoms with van der Waals surface area (Å²) in [6.07, 6.45) is 4.37. The van der Waals surface area contributed by atoms with Gasteiger partial charge >= 0.3 is 0 Å². The van der Waals surface area contributed by atoms with Crippen LogP contribution in [0.15, 0.2) is 24.4 Å². The lowest BCUT2D eigenvalue weighted by Crippen LogP contribution is -2.16. The number of anilines is 1. The van der Waals surface area contributed by atoms with Gasteiger partial charge in [0, 0.05) is 19.2 Å². The van der Waals surface area contributed by atoms with E-state index in [2.05, 4.69) is 20.1 Å². The van der Waals surface area contributed by atoms with Crippen LogP contribution in [0.4, 0.5) is 5.13 Å². The minimum atomic E-state index is 0.685. The molecule has 0 spiro atoms. The Bertz CT molecular complexity index is 492. The zero-order chi connectivity index (χ0) is 11.7. The Labute approximate surface area is 104 Å². The third kappa shape index (κ3) is 2.44. The van der Waals surface area contributed by atoms with Gasteiger partial charge in [0.25, 0.3) is 0 Å². The monoisotopic (exact) mass is 246 g/mol. The minimum absolute atomic E-state index is 0.685. The maximum atomic E-state index is 4.31. The summed E-state index contributed by atoms with van der Waals surface area (Å²) < 4.78 is 0. The summed E-state index contributed by atoms with van der Waals surface area (Å²) in [7, 11) is 2.03. The zero-order valence-corrected chi connectivity index (χ0v) is 10.5. The smallest absolute Gasteiger partial charge is 0.208 e. The van der Waals surface area contributed by atoms with Crippen molar-refractivity contribution in [2.75, 3.05) is 11.9 Å². The Hall–Kier alpha value is -1.49. The average molecular weight is 246 g/mol. The highest BCUT2D eigenvalue weighted by Gasteiger charge is 2.28. The summed E-state index contributed by atoms with van der Waals surface area (Å²) in [6, 6.07) is 5.96. The van der Waals surface area contributed by atoms with Crippen molar-refractivity contribution in [1.29, 1.82) is 0 Å². The van der Waals surface area contributed by atoms with Crippen molar-refractivity contribution in [3.63, 3.8) is 0 Å². The molecule has 0 amide bonds. The van der Waals surface area contributed by atoms with E-state index in [0.717, 1.165) is 17.4 Å². The molecule has 0 radical (unpaired) electrons. The molecule has 5 heteroatoms. The van der Waals surface area contributed by atoms with Gasteiger partial charge in [-0.1, -0.05) is 17.4 Å². The van der Waals surface area contributed by atoms with E-state index in [1.54, 1.807) is 11.3 Å². The van der Waals surface area contributed by atoms with Gasteiger partial charge in [0.05, 0.1) is 12.2 Å². The van der Waals surface area contributed by atoms with E-state index in [9.17, 15) is 0 Å². The van der Waals surface area contributed by atoms with E-state index in [0.29, 0.717) is 5.92 Å². The Kier molecular flexibility index (Phi) is 2.76. The van der Waals surface area contributed by atoms with Crippen LogP contribution in [0, 0.1) is 0 Å². The van der Waals surface area contributed by atoms with E-state index < -0.39 is 0 Å². The van der Waals surface area contributed by atoms with Crippen molar-refractivity contribution >= 4 is 16.5 Å². The molecular weight excluding hydrogens is 232 g/mol. The van der Waals surface area contributed by atoms with Gasteiger partial charge < -0.3 is 4.90 Å². The molecule has 0 bridgehead atoms. The predicted molar refractivity (Wildman–Crippen MR) is 68.2 cm³/mol. The first-order valence-electron chi connectivity index (χ1n) is 5.77. The average Bonchev–Trinajstić information content (AvgIpc) is 3.08. The Morgan fingerprint density at radius 1 is 1.35 bits per heavy atom. The molecule has 17 heavy (non-hydrogen) atoms. The molecule has 2 aromatic heterocycles. The Morgan fingerprint density at radius 3 is 2.94 bits per heavy atom. The highest BCUT2D eigenvalue weighted by molar-refractivity contribution is 7.15. The highest BCUT2D eigenvalue weighted by atomic mass is 32.1. The van der Waals surface area contributed by atoms with Gasteiger partial charge in [-0.15, -0.1) is 10.2 Å². The second-order valence-electron chi connectivity index (χ2n) is 4.37. The topological polar surface area (TPSA) is 41.9 Å². The molecule has 1 saturated carbocycles. The molecular formula is C12H14N4S. The predicted octanol–water partition coefficient (Wildman–Crippen LogP) is 2.45. The van der Waals surface area contributed by atoms with Crippen LogP contribution in [-0.4, -0.2) is 22.2 Å². The minimum Gasteiger partial charge on any atom is -0.344 e. The molecule has 4 nitrogen and oxygen atoms in total. The van der Waals surface area contributed by atoms with Crippen molar-refractivity contribution in [2.24, 2.45) is 0 Å². The molecule has 2 aromatic rings. The highest BCUT2D eigenvalue weighted by Crippen LogP contribution is 2.42. The van der Waals surface area contributed by atoms with Crippen molar-refractivity contribution in [3.05, 3.63) is 35.1 Å². The lowest BCUT2D eigenvalue weighted by molar-refractivity contribution is 0.858. The van der Waals surface area contributed by atoms with Gasteiger partial charge in [-0.2, -0.15) is 0 Å². The van der Waals surface area contributed by atoms with Crippen molar-refractivity contribution < 1.29 is 0 Å². The fourth-order valence-corrected chi connectivity index (χ4v) is 2.65. The van der Waals surface area contributed by atoms with Crippen LogP contribution >= 0.6 is 11.3 Å². The maximum Gasteiger partial charge on any atom is 0.208 e. The third-order valence-corrected chi connectivity index (χ3v) is 4.01. The fraction of sp³-hybridized carbons (Fsp3) is 0.417. The van der Waals surface area contributed by atoms with Crippen LogP contribution in [0.3, 0.4) is 0 Å². The molecule has 2 heterocycles. The summed E-state index contributed by atoms with van der Waals surface area (Å²) in [6.45, 7) is 0.778. The molecule has 0 unspecified atom stereocenters. The third-order valence-electron chi connectivity index (χ3n) is 2.81. The fourth-order valence-electron chi connectivity index (χ4n) is 1.68. The van der Waals surface area contributed by atoms with Gasteiger partial charge in [0.2, 0.25) is 5.13 Å². The van der Waals surface area contributed by atoms with E-state index in [4.69, 9.17) is 0 Å². The van der Waals surface area contributed by atoms with Crippen LogP contribution in [0.1, 0.15) is 29.5 Å². The summed E-state index contributed by atoms with van der Waals surface area (Å²) >= 11 is 1.71. The lowest BCUT2D eigenvalue weighted by atomic mass is 10.3. The number of aromatic nitrogens is 3. The number of rotatable bonds is 4. The van der Waals surface area contributed by atoms with Crippen LogP contribution in [0.5, 0.6) is 0 Å². The number of pyridine rings is 1. The summed E-state index contributed by atoms with van der Waals surface area (Å²) in [5.74, 6) is 0.685. The first-order chi connectivity index (χ1) is 8.33. The molecule has 0 aliphatic heterocycles. The van der Waals surface area contributed by atoms with Crippen molar-refractivity contribution in [2.45, 2.75) is 25.3 Å². The normalized spacial score (nSPS) is 14.9. The SMILES string of the molecule is CN(Cc1ccccn1)c1nnc(C2CC2)s1. The lowest BCUT2D eigenvalue weighted by Gasteiger charge is -2.13. The Balaban J connectivity index is 1.70. The molecule has 0 aromatic carbocycles. The molecule has 0 saturated heterocycles. The quantitative estimate of drug-likeness (QED) is 0.831.